The Morgan fingerprint density at radius 3 is 2.24 bits per heavy atom. The van der Waals surface area contributed by atoms with Crippen molar-refractivity contribution in [3.63, 3.8) is 0 Å². The quantitative estimate of drug-likeness (QED) is 0.232. The highest BCUT2D eigenvalue weighted by Gasteiger charge is 2.29. The highest BCUT2D eigenvalue weighted by atomic mass is 16.5. The minimum Gasteiger partial charge on any atom is -0.497 e. The van der Waals surface area contributed by atoms with Crippen LogP contribution in [0.1, 0.15) is 85.1 Å². The van der Waals surface area contributed by atoms with Crippen molar-refractivity contribution < 1.29 is 29.0 Å². The molecule has 0 unspecified atom stereocenters. The highest BCUT2D eigenvalue weighted by molar-refractivity contribution is 5.94. The van der Waals surface area contributed by atoms with E-state index in [0.29, 0.717) is 35.8 Å². The van der Waals surface area contributed by atoms with E-state index in [2.05, 4.69) is 23.5 Å². The second kappa shape index (κ2) is 12.4. The van der Waals surface area contributed by atoms with Crippen LogP contribution < -0.4 is 14.8 Å². The van der Waals surface area contributed by atoms with Crippen LogP contribution in [0.5, 0.6) is 11.5 Å². The molecule has 222 valence electrons. The molecule has 4 rings (SSSR count). The fourth-order valence-electron chi connectivity index (χ4n) is 5.22. The van der Waals surface area contributed by atoms with E-state index in [0.717, 1.165) is 30.6 Å². The lowest BCUT2D eigenvalue weighted by Crippen LogP contribution is -2.29. The van der Waals surface area contributed by atoms with E-state index in [1.807, 2.05) is 39.0 Å². The molecule has 0 fully saturated rings. The zero-order valence-corrected chi connectivity index (χ0v) is 25.4. The number of nitrogens with one attached hydrogen (secondary N) is 1. The van der Waals surface area contributed by atoms with Gasteiger partial charge in [-0.25, -0.2) is 0 Å². The topological polar surface area (TPSA) is 102 Å². The Labute approximate surface area is 248 Å². The Morgan fingerprint density at radius 2 is 1.60 bits per heavy atom. The number of aliphatic carboxylic acids is 1. The molecule has 1 aliphatic rings. The molecule has 1 aliphatic carbocycles. The van der Waals surface area contributed by atoms with Crippen molar-refractivity contribution in [2.45, 2.75) is 71.6 Å². The van der Waals surface area contributed by atoms with Gasteiger partial charge in [-0.1, -0.05) is 24.3 Å². The first-order valence-electron chi connectivity index (χ1n) is 14.4. The molecule has 2 N–H and O–H groups in total. The number of ether oxygens (including phenoxy) is 2. The number of benzene rings is 3. The molecule has 3 aromatic rings. The first kappa shape index (κ1) is 30.8. The fourth-order valence-corrected chi connectivity index (χ4v) is 5.22. The van der Waals surface area contributed by atoms with E-state index in [-0.39, 0.29) is 11.9 Å². The largest absolute Gasteiger partial charge is 0.497 e. The van der Waals surface area contributed by atoms with Crippen LogP contribution in [0, 0.1) is 5.41 Å². The highest BCUT2D eigenvalue weighted by Crippen LogP contribution is 2.37. The van der Waals surface area contributed by atoms with Gasteiger partial charge in [0.1, 0.15) is 11.5 Å². The number of esters is 1. The summed E-state index contributed by atoms with van der Waals surface area (Å²) in [6.45, 7) is 9.27. The second-order valence-electron chi connectivity index (χ2n) is 12.6. The predicted octanol–water partition coefficient (Wildman–Crippen LogP) is 6.25. The van der Waals surface area contributed by atoms with Crippen molar-refractivity contribution in [1.82, 2.24) is 5.32 Å². The third-order valence-electron chi connectivity index (χ3n) is 8.10. The van der Waals surface area contributed by atoms with Gasteiger partial charge in [0, 0.05) is 12.1 Å². The maximum atomic E-state index is 12.8. The molecule has 7 nitrogen and oxygen atoms in total. The monoisotopic (exact) mass is 571 g/mol. The van der Waals surface area contributed by atoms with E-state index in [1.54, 1.807) is 45.2 Å². The van der Waals surface area contributed by atoms with Crippen molar-refractivity contribution in [3.8, 4) is 11.5 Å². The summed E-state index contributed by atoms with van der Waals surface area (Å²) in [7, 11) is 1.65. The SMILES string of the molecule is COc1ccc([C@@H]2CCc3cc(OC(=O)C(C)(C)C)ccc3C2)c(CCNC(=O)c2ccc(C(C)(C)C(=O)O)cc2)c1. The van der Waals surface area contributed by atoms with Crippen LogP contribution in [0.2, 0.25) is 0 Å². The first-order valence-corrected chi connectivity index (χ1v) is 14.4. The van der Waals surface area contributed by atoms with Crippen molar-refractivity contribution in [1.29, 1.82) is 0 Å². The standard InChI is InChI=1S/C35H41NO6/c1-34(2,3)33(40)42-29-14-11-23-19-25(8-7-24(23)20-29)30-16-15-28(41-6)21-26(30)17-18-36-31(37)22-9-12-27(13-10-22)35(4,5)32(38)39/h9-16,20-21,25H,7-8,17-19H2,1-6H3,(H,36,37)(H,38,39)/t25-/m1/s1. The van der Waals surface area contributed by atoms with E-state index >= 15 is 0 Å². The molecule has 0 spiro atoms. The summed E-state index contributed by atoms with van der Waals surface area (Å²) in [5.74, 6) is 0.328. The van der Waals surface area contributed by atoms with E-state index in [1.165, 1.54) is 16.7 Å². The predicted molar refractivity (Wildman–Crippen MR) is 162 cm³/mol. The summed E-state index contributed by atoms with van der Waals surface area (Å²) in [5.41, 5.74) is 4.40. The van der Waals surface area contributed by atoms with Crippen LogP contribution in [0.4, 0.5) is 0 Å². The summed E-state index contributed by atoms with van der Waals surface area (Å²) in [4.78, 5) is 36.7. The number of hydrogen-bond donors (Lipinski definition) is 2. The Kier molecular flexibility index (Phi) is 9.09. The number of hydrogen-bond acceptors (Lipinski definition) is 5. The number of carbonyl (C=O) groups excluding carboxylic acids is 2. The van der Waals surface area contributed by atoms with Crippen molar-refractivity contribution in [2.75, 3.05) is 13.7 Å². The number of amides is 1. The normalized spacial score (nSPS) is 15.0. The molecule has 1 amide bonds. The summed E-state index contributed by atoms with van der Waals surface area (Å²) >= 11 is 0. The molecular weight excluding hydrogens is 530 g/mol. The Bertz CT molecular complexity index is 1470. The Hall–Kier alpha value is -4.13. The maximum absolute atomic E-state index is 12.8. The molecule has 0 bridgehead atoms. The van der Waals surface area contributed by atoms with Gasteiger partial charge in [-0.15, -0.1) is 0 Å². The number of carboxylic acids is 1. The van der Waals surface area contributed by atoms with Gasteiger partial charge >= 0.3 is 11.9 Å². The van der Waals surface area contributed by atoms with Gasteiger partial charge in [0.15, 0.2) is 0 Å². The number of aryl methyl sites for hydroxylation is 1. The molecule has 0 heterocycles. The number of rotatable bonds is 9. The average molecular weight is 572 g/mol. The summed E-state index contributed by atoms with van der Waals surface area (Å²) in [6.07, 6.45) is 3.38. The average Bonchev–Trinajstić information content (AvgIpc) is 2.96. The zero-order valence-electron chi connectivity index (χ0n) is 25.4. The smallest absolute Gasteiger partial charge is 0.316 e. The van der Waals surface area contributed by atoms with Crippen LogP contribution in [0.25, 0.3) is 0 Å². The van der Waals surface area contributed by atoms with Gasteiger partial charge < -0.3 is 19.9 Å². The van der Waals surface area contributed by atoms with E-state index < -0.39 is 16.8 Å². The van der Waals surface area contributed by atoms with Gasteiger partial charge in [-0.2, -0.15) is 0 Å². The molecule has 42 heavy (non-hydrogen) atoms. The molecule has 0 aliphatic heterocycles. The summed E-state index contributed by atoms with van der Waals surface area (Å²) in [5, 5.41) is 12.5. The molecule has 0 aromatic heterocycles. The number of fused-ring (bicyclic) bond motifs is 1. The van der Waals surface area contributed by atoms with Crippen LogP contribution in [0.15, 0.2) is 60.7 Å². The zero-order chi connectivity index (χ0) is 30.7. The van der Waals surface area contributed by atoms with Crippen molar-refractivity contribution >= 4 is 17.8 Å². The third-order valence-corrected chi connectivity index (χ3v) is 8.10. The maximum Gasteiger partial charge on any atom is 0.316 e. The molecule has 3 aromatic carbocycles. The third kappa shape index (κ3) is 7.01. The lowest BCUT2D eigenvalue weighted by Gasteiger charge is -2.27. The molecule has 7 heteroatoms. The van der Waals surface area contributed by atoms with Crippen LogP contribution in [-0.4, -0.2) is 36.6 Å². The Balaban J connectivity index is 1.43. The van der Waals surface area contributed by atoms with Gasteiger partial charge in [-0.05, 0) is 130 Å². The molecule has 0 radical (unpaired) electrons. The lowest BCUT2D eigenvalue weighted by molar-refractivity contribution is -0.143. The number of carbonyl (C=O) groups is 3. The van der Waals surface area contributed by atoms with E-state index in [9.17, 15) is 19.5 Å². The lowest BCUT2D eigenvalue weighted by atomic mass is 9.78. The minimum absolute atomic E-state index is 0.200. The van der Waals surface area contributed by atoms with Crippen molar-refractivity contribution in [2.24, 2.45) is 5.41 Å². The number of methoxy groups -OCH3 is 1. The van der Waals surface area contributed by atoms with Crippen LogP contribution >= 0.6 is 0 Å². The summed E-state index contributed by atoms with van der Waals surface area (Å²) < 4.78 is 11.1. The second-order valence-corrected chi connectivity index (χ2v) is 12.6. The van der Waals surface area contributed by atoms with Crippen molar-refractivity contribution in [3.05, 3.63) is 94.0 Å². The summed E-state index contributed by atoms with van der Waals surface area (Å²) in [6, 6.07) is 18.8. The molecule has 0 saturated heterocycles. The van der Waals surface area contributed by atoms with Gasteiger partial charge in [0.05, 0.1) is 17.9 Å². The Morgan fingerprint density at radius 1 is 0.905 bits per heavy atom. The molecule has 1 atom stereocenters. The minimum atomic E-state index is -1.03. The fraction of sp³-hybridized carbons (Fsp3) is 0.400. The molecular formula is C35H41NO6. The first-order chi connectivity index (χ1) is 19.8. The van der Waals surface area contributed by atoms with E-state index in [4.69, 9.17) is 9.47 Å². The van der Waals surface area contributed by atoms with Gasteiger partial charge in [0.25, 0.3) is 5.91 Å². The van der Waals surface area contributed by atoms with Crippen LogP contribution in [-0.2, 0) is 34.3 Å². The number of carboxylic acid groups (broad SMARTS) is 1. The molecule has 0 saturated carbocycles. The van der Waals surface area contributed by atoms with Gasteiger partial charge in [-0.3, -0.25) is 14.4 Å². The van der Waals surface area contributed by atoms with Gasteiger partial charge in [0.2, 0.25) is 0 Å². The van der Waals surface area contributed by atoms with Crippen LogP contribution in [0.3, 0.4) is 0 Å².